The van der Waals surface area contributed by atoms with E-state index in [2.05, 4.69) is 0 Å². The summed E-state index contributed by atoms with van der Waals surface area (Å²) in [5.74, 6) is -2.34. The topological polar surface area (TPSA) is 149 Å². The zero-order valence-electron chi connectivity index (χ0n) is 15.3. The smallest absolute Gasteiger partial charge is 0.337 e. The molecule has 2 amide bonds. The second-order valence-corrected chi connectivity index (χ2v) is 6.24. The van der Waals surface area contributed by atoms with Crippen LogP contribution in [-0.4, -0.2) is 35.8 Å². The van der Waals surface area contributed by atoms with Crippen LogP contribution in [0.25, 0.3) is 0 Å². The van der Waals surface area contributed by atoms with Crippen molar-refractivity contribution in [2.45, 2.75) is 19.3 Å². The molecule has 0 fully saturated rings. The van der Waals surface area contributed by atoms with E-state index in [-0.39, 0.29) is 40.6 Å². The number of para-hydroxylation sites is 1. The van der Waals surface area contributed by atoms with Crippen LogP contribution in [0.1, 0.15) is 19.4 Å². The van der Waals surface area contributed by atoms with Gasteiger partial charge in [-0.1, -0.05) is 18.2 Å². The maximum Gasteiger partial charge on any atom is 0.337 e. The maximum absolute atomic E-state index is 13.6. The van der Waals surface area contributed by atoms with Gasteiger partial charge in [-0.25, -0.2) is 4.79 Å². The third-order valence-corrected chi connectivity index (χ3v) is 4.75. The Labute approximate surface area is 160 Å². The standard InChI is InChI=1S/C19H18N4O5/c1-3-27-17(25)15-10(2)23(9-14(21)24)18(26)19(15)11-6-4-5-7-13(11)28-16(22)12(19)8-20/h4-7H,3,9,22H2,1-2H3,(H2,21,24)/t19-/m1/s1. The minimum atomic E-state index is -1.88. The predicted molar refractivity (Wildman–Crippen MR) is 95.8 cm³/mol. The van der Waals surface area contributed by atoms with E-state index in [9.17, 15) is 19.6 Å². The highest BCUT2D eigenvalue weighted by Gasteiger charge is 2.62. The predicted octanol–water partition coefficient (Wildman–Crippen LogP) is 0.175. The van der Waals surface area contributed by atoms with Crippen molar-refractivity contribution in [3.05, 3.63) is 52.6 Å². The molecule has 0 aliphatic carbocycles. The third-order valence-electron chi connectivity index (χ3n) is 4.75. The number of nitrogens with zero attached hydrogens (tertiary/aromatic N) is 2. The summed E-state index contributed by atoms with van der Waals surface area (Å²) >= 11 is 0. The minimum absolute atomic E-state index is 0.0505. The van der Waals surface area contributed by atoms with Gasteiger partial charge in [0, 0.05) is 11.3 Å². The molecule has 3 rings (SSSR count). The summed E-state index contributed by atoms with van der Waals surface area (Å²) in [5.41, 5.74) is 9.46. The SMILES string of the molecule is CCOC(=O)C1=C(C)N(CC(N)=O)C(=O)[C@]12C(C#N)=C(N)Oc1ccccc12. The first-order chi connectivity index (χ1) is 13.3. The molecule has 0 saturated heterocycles. The van der Waals surface area contributed by atoms with Crippen molar-refractivity contribution in [2.24, 2.45) is 11.5 Å². The summed E-state index contributed by atoms with van der Waals surface area (Å²) in [4.78, 5) is 39.1. The number of allylic oxidation sites excluding steroid dienone is 1. The number of benzene rings is 1. The highest BCUT2D eigenvalue weighted by atomic mass is 16.5. The van der Waals surface area contributed by atoms with E-state index in [1.54, 1.807) is 31.2 Å². The Morgan fingerprint density at radius 1 is 1.36 bits per heavy atom. The normalized spacial score (nSPS) is 20.8. The first-order valence-electron chi connectivity index (χ1n) is 8.47. The van der Waals surface area contributed by atoms with E-state index in [4.69, 9.17) is 20.9 Å². The van der Waals surface area contributed by atoms with Gasteiger partial charge < -0.3 is 25.8 Å². The fourth-order valence-corrected chi connectivity index (χ4v) is 3.69. The van der Waals surface area contributed by atoms with E-state index in [1.807, 2.05) is 6.07 Å². The van der Waals surface area contributed by atoms with Crippen LogP contribution in [-0.2, 0) is 24.5 Å². The van der Waals surface area contributed by atoms with Crippen LogP contribution in [0.2, 0.25) is 0 Å². The van der Waals surface area contributed by atoms with E-state index >= 15 is 0 Å². The van der Waals surface area contributed by atoms with Crippen molar-refractivity contribution in [2.75, 3.05) is 13.2 Å². The molecule has 9 nitrogen and oxygen atoms in total. The molecular formula is C19H18N4O5. The highest BCUT2D eigenvalue weighted by molar-refractivity contribution is 6.13. The average molecular weight is 382 g/mol. The van der Waals surface area contributed by atoms with Crippen LogP contribution in [0, 0.1) is 11.3 Å². The molecule has 4 N–H and O–H groups in total. The Morgan fingerprint density at radius 3 is 2.64 bits per heavy atom. The zero-order valence-corrected chi connectivity index (χ0v) is 15.3. The van der Waals surface area contributed by atoms with Gasteiger partial charge in [0.25, 0.3) is 0 Å². The number of amides is 2. The van der Waals surface area contributed by atoms with Crippen molar-refractivity contribution in [3.63, 3.8) is 0 Å². The summed E-state index contributed by atoms with van der Waals surface area (Å²) in [7, 11) is 0. The van der Waals surface area contributed by atoms with Gasteiger partial charge >= 0.3 is 5.97 Å². The summed E-state index contributed by atoms with van der Waals surface area (Å²) in [6, 6.07) is 8.35. The van der Waals surface area contributed by atoms with Crippen LogP contribution < -0.4 is 16.2 Å². The molecule has 2 heterocycles. The number of carbonyl (C=O) groups excluding carboxylic acids is 3. The number of primary amides is 1. The van der Waals surface area contributed by atoms with Gasteiger partial charge in [0.05, 0.1) is 12.2 Å². The van der Waals surface area contributed by atoms with Crippen LogP contribution in [0.3, 0.4) is 0 Å². The average Bonchev–Trinajstić information content (AvgIpc) is 2.84. The molecule has 1 atom stereocenters. The number of nitrogens with two attached hydrogens (primary N) is 2. The first-order valence-corrected chi connectivity index (χ1v) is 8.47. The molecule has 2 aliphatic heterocycles. The minimum Gasteiger partial charge on any atom is -0.463 e. The second kappa shape index (κ2) is 6.74. The van der Waals surface area contributed by atoms with Crippen LogP contribution in [0.15, 0.2) is 47.0 Å². The molecule has 0 radical (unpaired) electrons. The first kappa shape index (κ1) is 19.0. The molecule has 1 aromatic rings. The van der Waals surface area contributed by atoms with Crippen molar-refractivity contribution >= 4 is 17.8 Å². The Kier molecular flexibility index (Phi) is 4.56. The lowest BCUT2D eigenvalue weighted by Crippen LogP contribution is -2.48. The van der Waals surface area contributed by atoms with Gasteiger partial charge in [-0.2, -0.15) is 5.26 Å². The fraction of sp³-hybridized carbons (Fsp3) is 0.263. The summed E-state index contributed by atoms with van der Waals surface area (Å²) in [6.45, 7) is 2.70. The number of ether oxygens (including phenoxy) is 2. The monoisotopic (exact) mass is 382 g/mol. The van der Waals surface area contributed by atoms with Crippen molar-refractivity contribution in [1.82, 2.24) is 4.90 Å². The van der Waals surface area contributed by atoms with Gasteiger partial charge in [-0.05, 0) is 19.9 Å². The number of rotatable bonds is 4. The molecule has 0 unspecified atom stereocenters. The summed E-state index contributed by atoms with van der Waals surface area (Å²) in [5, 5.41) is 9.81. The van der Waals surface area contributed by atoms with Crippen molar-refractivity contribution < 1.29 is 23.9 Å². The fourth-order valence-electron chi connectivity index (χ4n) is 3.69. The Morgan fingerprint density at radius 2 is 2.04 bits per heavy atom. The number of esters is 1. The number of nitriles is 1. The van der Waals surface area contributed by atoms with Crippen LogP contribution in [0.5, 0.6) is 5.75 Å². The van der Waals surface area contributed by atoms with Gasteiger partial charge in [-0.3, -0.25) is 9.59 Å². The molecular weight excluding hydrogens is 364 g/mol. The molecule has 2 aliphatic rings. The molecule has 1 spiro atoms. The number of hydrogen-bond donors (Lipinski definition) is 2. The molecule has 0 bridgehead atoms. The lowest BCUT2D eigenvalue weighted by molar-refractivity contribution is -0.141. The quantitative estimate of drug-likeness (QED) is 0.705. The zero-order chi connectivity index (χ0) is 20.6. The molecule has 0 saturated carbocycles. The van der Waals surface area contributed by atoms with E-state index in [0.29, 0.717) is 0 Å². The summed E-state index contributed by atoms with van der Waals surface area (Å²) in [6.07, 6.45) is 0. The molecule has 28 heavy (non-hydrogen) atoms. The van der Waals surface area contributed by atoms with Crippen LogP contribution >= 0.6 is 0 Å². The molecule has 0 aromatic heterocycles. The van der Waals surface area contributed by atoms with Crippen LogP contribution in [0.4, 0.5) is 0 Å². The number of hydrogen-bond acceptors (Lipinski definition) is 7. The number of fused-ring (bicyclic) bond motifs is 2. The van der Waals surface area contributed by atoms with Crippen molar-refractivity contribution in [1.29, 1.82) is 5.26 Å². The molecule has 9 heteroatoms. The lowest BCUT2D eigenvalue weighted by Gasteiger charge is -2.35. The molecule has 144 valence electrons. The number of carbonyl (C=O) groups is 3. The maximum atomic E-state index is 13.6. The van der Waals surface area contributed by atoms with Gasteiger partial charge in [0.2, 0.25) is 17.7 Å². The van der Waals surface area contributed by atoms with Gasteiger partial charge in [0.15, 0.2) is 5.41 Å². The lowest BCUT2D eigenvalue weighted by atomic mass is 9.68. The van der Waals surface area contributed by atoms with Gasteiger partial charge in [-0.15, -0.1) is 0 Å². The van der Waals surface area contributed by atoms with Crippen molar-refractivity contribution in [3.8, 4) is 11.8 Å². The highest BCUT2D eigenvalue weighted by Crippen LogP contribution is 2.53. The van der Waals surface area contributed by atoms with E-state index < -0.39 is 29.7 Å². The van der Waals surface area contributed by atoms with E-state index in [1.165, 1.54) is 6.92 Å². The third kappa shape index (κ3) is 2.42. The Bertz CT molecular complexity index is 1000. The van der Waals surface area contributed by atoms with Gasteiger partial charge in [0.1, 0.15) is 23.9 Å². The Hall–Kier alpha value is -3.80. The largest absolute Gasteiger partial charge is 0.463 e. The second-order valence-electron chi connectivity index (χ2n) is 6.24. The summed E-state index contributed by atoms with van der Waals surface area (Å²) < 4.78 is 10.7. The molecule has 1 aromatic carbocycles. The van der Waals surface area contributed by atoms with E-state index in [0.717, 1.165) is 4.90 Å². The Balaban J connectivity index is 2.41.